The highest BCUT2D eigenvalue weighted by Crippen LogP contribution is 2.21. The number of nitrogen functional groups attached to an aromatic ring is 1. The molecule has 0 atom stereocenters. The molecule has 0 fully saturated rings. The number of nitrogens with two attached hydrogens (primary N) is 1. The van der Waals surface area contributed by atoms with Crippen molar-refractivity contribution in [2.24, 2.45) is 0 Å². The molecule has 0 saturated heterocycles. The number of nitrogens with zero attached hydrogens (tertiary/aromatic N) is 3. The molecule has 0 bridgehead atoms. The SMILES string of the molecule is Nc1cc(=O)nc(Nc2ccccc2)n1-c1cc(Cl)ccn1. The molecule has 0 unspecified atom stereocenters. The van der Waals surface area contributed by atoms with Gasteiger partial charge in [-0.25, -0.2) is 9.55 Å². The van der Waals surface area contributed by atoms with E-state index >= 15 is 0 Å². The minimum atomic E-state index is -0.436. The van der Waals surface area contributed by atoms with E-state index in [9.17, 15) is 4.79 Å². The van der Waals surface area contributed by atoms with E-state index in [0.717, 1.165) is 5.69 Å². The zero-order chi connectivity index (χ0) is 15.5. The predicted molar refractivity (Wildman–Crippen MR) is 86.8 cm³/mol. The summed E-state index contributed by atoms with van der Waals surface area (Å²) in [5.74, 6) is 0.954. The Bertz CT molecular complexity index is 863. The van der Waals surface area contributed by atoms with Crippen molar-refractivity contribution in [2.45, 2.75) is 0 Å². The van der Waals surface area contributed by atoms with E-state index in [2.05, 4.69) is 15.3 Å². The van der Waals surface area contributed by atoms with Crippen LogP contribution >= 0.6 is 11.6 Å². The highest BCUT2D eigenvalue weighted by atomic mass is 35.5. The highest BCUT2D eigenvalue weighted by molar-refractivity contribution is 6.30. The highest BCUT2D eigenvalue weighted by Gasteiger charge is 2.11. The summed E-state index contributed by atoms with van der Waals surface area (Å²) in [6.45, 7) is 0. The van der Waals surface area contributed by atoms with Crippen LogP contribution in [0.4, 0.5) is 17.5 Å². The van der Waals surface area contributed by atoms with Crippen LogP contribution in [0.1, 0.15) is 0 Å². The van der Waals surface area contributed by atoms with Crippen LogP contribution in [0.3, 0.4) is 0 Å². The molecule has 3 aromatic rings. The van der Waals surface area contributed by atoms with Crippen molar-refractivity contribution in [3.8, 4) is 5.82 Å². The molecule has 0 aliphatic rings. The van der Waals surface area contributed by atoms with Gasteiger partial charge in [-0.1, -0.05) is 29.8 Å². The Kier molecular flexibility index (Phi) is 3.76. The Morgan fingerprint density at radius 1 is 1.14 bits per heavy atom. The molecule has 1 aromatic carbocycles. The topological polar surface area (TPSA) is 85.8 Å². The van der Waals surface area contributed by atoms with E-state index in [-0.39, 0.29) is 11.8 Å². The van der Waals surface area contributed by atoms with Crippen LogP contribution < -0.4 is 16.6 Å². The summed E-state index contributed by atoms with van der Waals surface area (Å²) in [7, 11) is 0. The first-order valence-corrected chi connectivity index (χ1v) is 6.85. The molecule has 110 valence electrons. The lowest BCUT2D eigenvalue weighted by Gasteiger charge is -2.15. The number of halogens is 1. The van der Waals surface area contributed by atoms with Crippen LogP contribution in [-0.2, 0) is 0 Å². The van der Waals surface area contributed by atoms with Crippen LogP contribution in [0.2, 0.25) is 5.02 Å². The van der Waals surface area contributed by atoms with E-state index < -0.39 is 5.56 Å². The van der Waals surface area contributed by atoms with Crippen molar-refractivity contribution >= 4 is 29.1 Å². The first kappa shape index (κ1) is 14.1. The van der Waals surface area contributed by atoms with Gasteiger partial charge in [-0.2, -0.15) is 4.98 Å². The number of hydrogen-bond donors (Lipinski definition) is 2. The maximum Gasteiger partial charge on any atom is 0.276 e. The average Bonchev–Trinajstić information content (AvgIpc) is 2.47. The summed E-state index contributed by atoms with van der Waals surface area (Å²) < 4.78 is 1.53. The van der Waals surface area contributed by atoms with Gasteiger partial charge in [0.25, 0.3) is 5.56 Å². The second-order valence-electron chi connectivity index (χ2n) is 4.50. The van der Waals surface area contributed by atoms with Crippen LogP contribution in [-0.4, -0.2) is 14.5 Å². The number of nitrogens with one attached hydrogen (secondary N) is 1. The number of anilines is 3. The summed E-state index contributed by atoms with van der Waals surface area (Å²) >= 11 is 5.99. The standard InChI is InChI=1S/C15H12ClN5O/c16-10-6-7-18-13(8-10)21-12(17)9-14(22)20-15(21)19-11-4-2-1-3-5-11/h1-9H,17H2,(H,19,20,22). The number of benzene rings is 1. The van der Waals surface area contributed by atoms with E-state index in [0.29, 0.717) is 10.8 Å². The molecule has 3 rings (SSSR count). The first-order valence-electron chi connectivity index (χ1n) is 6.47. The zero-order valence-corrected chi connectivity index (χ0v) is 12.2. The van der Waals surface area contributed by atoms with Gasteiger partial charge >= 0.3 is 0 Å². The number of pyridine rings is 1. The average molecular weight is 314 g/mol. The molecule has 0 saturated carbocycles. The van der Waals surface area contributed by atoms with Gasteiger partial charge in [-0.3, -0.25) is 4.79 Å². The number of aromatic nitrogens is 3. The van der Waals surface area contributed by atoms with Crippen molar-refractivity contribution in [2.75, 3.05) is 11.1 Å². The summed E-state index contributed by atoms with van der Waals surface area (Å²) in [4.78, 5) is 19.8. The normalized spacial score (nSPS) is 10.4. The molecule has 2 aromatic heterocycles. The second-order valence-corrected chi connectivity index (χ2v) is 4.94. The van der Waals surface area contributed by atoms with Crippen molar-refractivity contribution in [3.63, 3.8) is 0 Å². The fourth-order valence-electron chi connectivity index (χ4n) is 1.99. The van der Waals surface area contributed by atoms with Gasteiger partial charge in [0.15, 0.2) is 0 Å². The molecular formula is C15H12ClN5O. The monoisotopic (exact) mass is 313 g/mol. The summed E-state index contributed by atoms with van der Waals surface area (Å²) in [5.41, 5.74) is 6.30. The molecule has 3 N–H and O–H groups in total. The predicted octanol–water partition coefficient (Wildman–Crippen LogP) is 2.61. The van der Waals surface area contributed by atoms with Crippen LogP contribution in [0.25, 0.3) is 5.82 Å². The Hall–Kier alpha value is -2.86. The lowest BCUT2D eigenvalue weighted by molar-refractivity contribution is 0.949. The van der Waals surface area contributed by atoms with Gasteiger partial charge in [-0.15, -0.1) is 0 Å². The second kappa shape index (κ2) is 5.87. The third kappa shape index (κ3) is 2.91. The van der Waals surface area contributed by atoms with Gasteiger partial charge in [0, 0.05) is 29.0 Å². The van der Waals surface area contributed by atoms with Gasteiger partial charge in [0.05, 0.1) is 0 Å². The summed E-state index contributed by atoms with van der Waals surface area (Å²) in [5, 5.41) is 3.57. The van der Waals surface area contributed by atoms with Crippen molar-refractivity contribution < 1.29 is 0 Å². The molecule has 0 aliphatic carbocycles. The van der Waals surface area contributed by atoms with Crippen LogP contribution in [0.5, 0.6) is 0 Å². The Labute approximate surface area is 131 Å². The summed E-state index contributed by atoms with van der Waals surface area (Å²) in [6, 6.07) is 13.9. The molecule has 2 heterocycles. The van der Waals surface area contributed by atoms with Gasteiger partial charge in [0.1, 0.15) is 11.6 Å². The number of para-hydroxylation sites is 1. The van der Waals surface area contributed by atoms with E-state index in [1.54, 1.807) is 18.3 Å². The molecule has 0 aliphatic heterocycles. The molecular weight excluding hydrogens is 302 g/mol. The quantitative estimate of drug-likeness (QED) is 0.776. The smallest absolute Gasteiger partial charge is 0.276 e. The van der Waals surface area contributed by atoms with Crippen LogP contribution in [0, 0.1) is 0 Å². The van der Waals surface area contributed by atoms with Crippen molar-refractivity contribution in [1.82, 2.24) is 14.5 Å². The Morgan fingerprint density at radius 2 is 1.91 bits per heavy atom. The molecule has 0 radical (unpaired) electrons. The van der Waals surface area contributed by atoms with Gasteiger partial charge in [-0.05, 0) is 18.2 Å². The third-order valence-corrected chi connectivity index (χ3v) is 3.16. The largest absolute Gasteiger partial charge is 0.385 e. The minimum absolute atomic E-state index is 0.216. The number of rotatable bonds is 3. The van der Waals surface area contributed by atoms with Gasteiger partial charge in [0.2, 0.25) is 5.95 Å². The minimum Gasteiger partial charge on any atom is -0.385 e. The fourth-order valence-corrected chi connectivity index (χ4v) is 2.14. The number of hydrogen-bond acceptors (Lipinski definition) is 5. The van der Waals surface area contributed by atoms with Crippen LogP contribution in [0.15, 0.2) is 59.5 Å². The Balaban J connectivity index is 2.15. The zero-order valence-electron chi connectivity index (χ0n) is 11.4. The molecule has 0 spiro atoms. The van der Waals surface area contributed by atoms with E-state index in [1.807, 2.05) is 30.3 Å². The molecule has 7 heteroatoms. The van der Waals surface area contributed by atoms with Crippen molar-refractivity contribution in [3.05, 3.63) is 70.1 Å². The molecule has 22 heavy (non-hydrogen) atoms. The van der Waals surface area contributed by atoms with E-state index in [1.165, 1.54) is 10.6 Å². The summed E-state index contributed by atoms with van der Waals surface area (Å²) in [6.07, 6.45) is 1.56. The van der Waals surface area contributed by atoms with E-state index in [4.69, 9.17) is 17.3 Å². The maximum absolute atomic E-state index is 11.7. The fraction of sp³-hybridized carbons (Fsp3) is 0. The lowest BCUT2D eigenvalue weighted by Crippen LogP contribution is -2.18. The lowest BCUT2D eigenvalue weighted by atomic mass is 10.3. The Morgan fingerprint density at radius 3 is 2.64 bits per heavy atom. The van der Waals surface area contributed by atoms with Gasteiger partial charge < -0.3 is 11.1 Å². The molecule has 0 amide bonds. The maximum atomic E-state index is 11.7. The third-order valence-electron chi connectivity index (χ3n) is 2.92. The molecule has 6 nitrogen and oxygen atoms in total. The first-order chi connectivity index (χ1) is 10.6. The van der Waals surface area contributed by atoms with Crippen molar-refractivity contribution in [1.29, 1.82) is 0 Å².